The molecule has 1 aliphatic heterocycles. The number of nitrogens with zero attached hydrogens (tertiary/aromatic N) is 3. The van der Waals surface area contributed by atoms with Gasteiger partial charge in [-0.25, -0.2) is 4.68 Å². The van der Waals surface area contributed by atoms with Crippen LogP contribution in [0.4, 0.5) is 11.6 Å². The third kappa shape index (κ3) is 5.13. The number of allylic oxidation sites excluding steroid dienone is 1. The summed E-state index contributed by atoms with van der Waals surface area (Å²) in [4.78, 5) is 19.4. The van der Waals surface area contributed by atoms with Crippen LogP contribution in [-0.4, -0.2) is 26.9 Å². The summed E-state index contributed by atoms with van der Waals surface area (Å²) in [5, 5.41) is 11.8. The fourth-order valence-corrected chi connectivity index (χ4v) is 5.22. The van der Waals surface area contributed by atoms with E-state index >= 15 is 0 Å². The van der Waals surface area contributed by atoms with Crippen LogP contribution in [0.1, 0.15) is 24.1 Å². The molecule has 176 valence electrons. The Hall–Kier alpha value is -3.49. The molecule has 0 aliphatic carbocycles. The van der Waals surface area contributed by atoms with E-state index in [1.54, 1.807) is 23.5 Å². The van der Waals surface area contributed by atoms with Crippen molar-refractivity contribution in [2.75, 3.05) is 16.9 Å². The van der Waals surface area contributed by atoms with Crippen LogP contribution in [0.3, 0.4) is 0 Å². The van der Waals surface area contributed by atoms with E-state index in [2.05, 4.69) is 47.0 Å². The normalized spacial score (nSPS) is 14.9. The molecular weight excluding hydrogens is 474 g/mol. The molecule has 0 bridgehead atoms. The second-order valence-electron chi connectivity index (χ2n) is 8.10. The molecule has 2 heterocycles. The van der Waals surface area contributed by atoms with Gasteiger partial charge in [0.25, 0.3) is 5.91 Å². The number of aromatic nitrogens is 3. The summed E-state index contributed by atoms with van der Waals surface area (Å²) in [5.74, 6) is 1.23. The Balaban J connectivity index is 1.50. The van der Waals surface area contributed by atoms with Crippen molar-refractivity contribution in [1.82, 2.24) is 14.8 Å². The molecule has 6 nitrogen and oxygen atoms in total. The van der Waals surface area contributed by atoms with Gasteiger partial charge in [-0.1, -0.05) is 72.4 Å². The number of rotatable bonds is 7. The number of hydrogen-bond donors (Lipinski definition) is 2. The molecule has 1 aromatic heterocycles. The molecular formula is C27H25N5OS2. The molecule has 3 aromatic carbocycles. The molecule has 0 spiro atoms. The summed E-state index contributed by atoms with van der Waals surface area (Å²) in [7, 11) is 0. The lowest BCUT2D eigenvalue weighted by Crippen LogP contribution is -2.31. The summed E-state index contributed by atoms with van der Waals surface area (Å²) in [6, 6.07) is 27.6. The number of para-hydroxylation sites is 1. The highest BCUT2D eigenvalue weighted by molar-refractivity contribution is 7.98. The topological polar surface area (TPSA) is 71.8 Å². The first-order valence-electron chi connectivity index (χ1n) is 11.2. The van der Waals surface area contributed by atoms with Crippen molar-refractivity contribution in [3.63, 3.8) is 0 Å². The molecule has 5 rings (SSSR count). The predicted molar refractivity (Wildman–Crippen MR) is 144 cm³/mol. The van der Waals surface area contributed by atoms with Crippen LogP contribution in [0, 0.1) is 0 Å². The zero-order chi connectivity index (χ0) is 24.2. The van der Waals surface area contributed by atoms with Crippen molar-refractivity contribution < 1.29 is 4.79 Å². The largest absolute Gasteiger partial charge is 0.328 e. The van der Waals surface area contributed by atoms with Crippen LogP contribution >= 0.6 is 23.5 Å². The standard InChI is InChI=1S/C27H25N5OS2/c1-18-23(25(33)29-21-11-7-4-8-12-21)24(20-13-15-22(34-2)16-14-20)32-26(28-18)30-27(31-32)35-17-19-9-5-3-6-10-19/h3-16,24H,17H2,1-2H3,(H,29,33)(H,28,30,31)/t24-/m1/s1. The Bertz CT molecular complexity index is 1350. The van der Waals surface area contributed by atoms with Gasteiger partial charge in [0.05, 0.1) is 5.57 Å². The molecule has 8 heteroatoms. The number of carbonyl (C=O) groups is 1. The van der Waals surface area contributed by atoms with Gasteiger partial charge in [-0.05, 0) is 48.6 Å². The minimum atomic E-state index is -0.399. The molecule has 1 aliphatic rings. The highest BCUT2D eigenvalue weighted by atomic mass is 32.2. The van der Waals surface area contributed by atoms with Crippen molar-refractivity contribution in [3.05, 3.63) is 107 Å². The maximum atomic E-state index is 13.5. The van der Waals surface area contributed by atoms with Crippen LogP contribution in [0.15, 0.2) is 106 Å². The van der Waals surface area contributed by atoms with Gasteiger partial charge in [0.2, 0.25) is 11.1 Å². The van der Waals surface area contributed by atoms with E-state index in [1.807, 2.05) is 66.4 Å². The van der Waals surface area contributed by atoms with E-state index in [4.69, 9.17) is 10.1 Å². The first kappa shape index (κ1) is 23.3. The maximum absolute atomic E-state index is 13.5. The average molecular weight is 500 g/mol. The summed E-state index contributed by atoms with van der Waals surface area (Å²) < 4.78 is 1.83. The number of hydrogen-bond acceptors (Lipinski definition) is 6. The van der Waals surface area contributed by atoms with Crippen molar-refractivity contribution in [2.45, 2.75) is 28.8 Å². The third-order valence-corrected chi connectivity index (χ3v) is 7.40. The van der Waals surface area contributed by atoms with Gasteiger partial charge in [-0.15, -0.1) is 16.9 Å². The highest BCUT2D eigenvalue weighted by Gasteiger charge is 2.34. The minimum absolute atomic E-state index is 0.167. The van der Waals surface area contributed by atoms with Crippen LogP contribution in [0.2, 0.25) is 0 Å². The lowest BCUT2D eigenvalue weighted by molar-refractivity contribution is -0.113. The van der Waals surface area contributed by atoms with E-state index in [0.29, 0.717) is 16.7 Å². The number of fused-ring (bicyclic) bond motifs is 1. The molecule has 0 unspecified atom stereocenters. The summed E-state index contributed by atoms with van der Waals surface area (Å²) in [6.45, 7) is 1.91. The van der Waals surface area contributed by atoms with E-state index in [1.165, 1.54) is 5.56 Å². The fourth-order valence-electron chi connectivity index (χ4n) is 4.02. The number of thioether (sulfide) groups is 2. The molecule has 0 fully saturated rings. The maximum Gasteiger partial charge on any atom is 0.255 e. The lowest BCUT2D eigenvalue weighted by atomic mass is 9.95. The summed E-state index contributed by atoms with van der Waals surface area (Å²) in [5.41, 5.74) is 4.31. The summed E-state index contributed by atoms with van der Waals surface area (Å²) >= 11 is 3.26. The second kappa shape index (κ2) is 10.4. The van der Waals surface area contributed by atoms with Crippen molar-refractivity contribution in [2.24, 2.45) is 0 Å². The second-order valence-corrected chi connectivity index (χ2v) is 9.92. The smallest absolute Gasteiger partial charge is 0.255 e. The monoisotopic (exact) mass is 499 g/mol. The van der Waals surface area contributed by atoms with Crippen molar-refractivity contribution in [3.8, 4) is 0 Å². The van der Waals surface area contributed by atoms with Gasteiger partial charge in [-0.3, -0.25) is 4.79 Å². The zero-order valence-corrected chi connectivity index (χ0v) is 21.1. The van der Waals surface area contributed by atoms with E-state index in [0.717, 1.165) is 27.6 Å². The Morgan fingerprint density at radius 1 is 1.00 bits per heavy atom. The Morgan fingerprint density at radius 3 is 2.37 bits per heavy atom. The number of benzene rings is 3. The lowest BCUT2D eigenvalue weighted by Gasteiger charge is -2.28. The molecule has 0 saturated heterocycles. The zero-order valence-electron chi connectivity index (χ0n) is 19.4. The van der Waals surface area contributed by atoms with Crippen molar-refractivity contribution >= 4 is 41.1 Å². The van der Waals surface area contributed by atoms with Crippen LogP contribution in [0.25, 0.3) is 0 Å². The first-order chi connectivity index (χ1) is 17.1. The molecule has 2 N–H and O–H groups in total. The van der Waals surface area contributed by atoms with E-state index in [-0.39, 0.29) is 5.91 Å². The molecule has 0 radical (unpaired) electrons. The summed E-state index contributed by atoms with van der Waals surface area (Å²) in [6.07, 6.45) is 2.05. The van der Waals surface area contributed by atoms with Gasteiger partial charge >= 0.3 is 0 Å². The minimum Gasteiger partial charge on any atom is -0.328 e. The predicted octanol–water partition coefficient (Wildman–Crippen LogP) is 6.22. The number of nitrogens with one attached hydrogen (secondary N) is 2. The Labute approximate surface area is 213 Å². The quantitative estimate of drug-likeness (QED) is 0.294. The van der Waals surface area contributed by atoms with Gasteiger partial charge < -0.3 is 10.6 Å². The highest BCUT2D eigenvalue weighted by Crippen LogP contribution is 2.37. The number of anilines is 2. The fraction of sp³-hybridized carbons (Fsp3) is 0.148. The van der Waals surface area contributed by atoms with Crippen LogP contribution in [0.5, 0.6) is 0 Å². The van der Waals surface area contributed by atoms with Gasteiger partial charge in [0.1, 0.15) is 6.04 Å². The Morgan fingerprint density at radius 2 is 1.69 bits per heavy atom. The van der Waals surface area contributed by atoms with Gasteiger partial charge in [0.15, 0.2) is 0 Å². The van der Waals surface area contributed by atoms with Gasteiger partial charge in [0, 0.05) is 22.0 Å². The first-order valence-corrected chi connectivity index (χ1v) is 13.4. The molecule has 4 aromatic rings. The average Bonchev–Trinajstić information content (AvgIpc) is 3.30. The third-order valence-electron chi connectivity index (χ3n) is 5.75. The SMILES string of the molecule is CSc1ccc([C@@H]2C(C(=O)Nc3ccccc3)=C(C)Nc3nc(SCc4ccccc4)nn32)cc1. The van der Waals surface area contributed by atoms with Crippen molar-refractivity contribution in [1.29, 1.82) is 0 Å². The molecule has 1 atom stereocenters. The van der Waals surface area contributed by atoms with Crippen LogP contribution in [-0.2, 0) is 10.5 Å². The van der Waals surface area contributed by atoms with E-state index < -0.39 is 6.04 Å². The molecule has 0 saturated carbocycles. The van der Waals surface area contributed by atoms with Crippen LogP contribution < -0.4 is 10.6 Å². The number of amides is 1. The molecule has 1 amide bonds. The van der Waals surface area contributed by atoms with E-state index in [9.17, 15) is 4.79 Å². The number of carbonyl (C=O) groups excluding carboxylic acids is 1. The molecule has 35 heavy (non-hydrogen) atoms. The van der Waals surface area contributed by atoms with Gasteiger partial charge in [-0.2, -0.15) is 4.98 Å². The Kier molecular flexibility index (Phi) is 6.92.